The SMILES string of the molecule is Cc1nc(-c2ccccc2)c(C(=O)OCc2nc(-c3ccccc3C)no2)s1. The summed E-state index contributed by atoms with van der Waals surface area (Å²) >= 11 is 1.30. The second-order valence-electron chi connectivity index (χ2n) is 6.18. The predicted octanol–water partition coefficient (Wildman–Crippen LogP) is 4.83. The van der Waals surface area contributed by atoms with Gasteiger partial charge in [-0.2, -0.15) is 4.98 Å². The number of carbonyl (C=O) groups is 1. The maximum atomic E-state index is 12.6. The van der Waals surface area contributed by atoms with E-state index in [0.717, 1.165) is 21.7 Å². The zero-order chi connectivity index (χ0) is 19.5. The molecule has 4 aromatic rings. The third kappa shape index (κ3) is 3.70. The Kier molecular flexibility index (Phi) is 4.99. The lowest BCUT2D eigenvalue weighted by molar-refractivity contribution is 0.0436. The van der Waals surface area contributed by atoms with Crippen LogP contribution in [0.3, 0.4) is 0 Å². The molecule has 0 bridgehead atoms. The van der Waals surface area contributed by atoms with E-state index in [1.54, 1.807) is 0 Å². The van der Waals surface area contributed by atoms with E-state index in [-0.39, 0.29) is 12.5 Å². The molecule has 0 radical (unpaired) electrons. The number of benzene rings is 2. The highest BCUT2D eigenvalue weighted by Gasteiger charge is 2.21. The smallest absolute Gasteiger partial charge is 0.351 e. The summed E-state index contributed by atoms with van der Waals surface area (Å²) in [5.41, 5.74) is 3.42. The number of aryl methyl sites for hydroxylation is 2. The quantitative estimate of drug-likeness (QED) is 0.453. The van der Waals surface area contributed by atoms with E-state index in [1.165, 1.54) is 11.3 Å². The molecular weight excluding hydrogens is 374 g/mol. The molecule has 7 heteroatoms. The minimum absolute atomic E-state index is 0.0944. The zero-order valence-corrected chi connectivity index (χ0v) is 16.2. The Morgan fingerprint density at radius 2 is 1.79 bits per heavy atom. The fraction of sp³-hybridized carbons (Fsp3) is 0.143. The summed E-state index contributed by atoms with van der Waals surface area (Å²) in [6.07, 6.45) is 0. The van der Waals surface area contributed by atoms with Crippen LogP contribution in [0.4, 0.5) is 0 Å². The molecular formula is C21H17N3O3S. The fourth-order valence-corrected chi connectivity index (χ4v) is 3.63. The average molecular weight is 391 g/mol. The topological polar surface area (TPSA) is 78.1 Å². The third-order valence-electron chi connectivity index (χ3n) is 4.15. The van der Waals surface area contributed by atoms with Gasteiger partial charge in [-0.05, 0) is 19.4 Å². The highest BCUT2D eigenvalue weighted by molar-refractivity contribution is 7.14. The van der Waals surface area contributed by atoms with E-state index in [2.05, 4.69) is 15.1 Å². The van der Waals surface area contributed by atoms with Gasteiger partial charge in [0.1, 0.15) is 4.88 Å². The van der Waals surface area contributed by atoms with Crippen LogP contribution in [0.25, 0.3) is 22.6 Å². The van der Waals surface area contributed by atoms with Crippen LogP contribution >= 0.6 is 11.3 Å². The van der Waals surface area contributed by atoms with Crippen molar-refractivity contribution in [2.75, 3.05) is 0 Å². The second kappa shape index (κ2) is 7.74. The highest BCUT2D eigenvalue weighted by Crippen LogP contribution is 2.29. The first-order valence-electron chi connectivity index (χ1n) is 8.70. The Hall–Kier alpha value is -3.32. The van der Waals surface area contributed by atoms with E-state index in [0.29, 0.717) is 16.4 Å². The van der Waals surface area contributed by atoms with Crippen LogP contribution in [0.2, 0.25) is 0 Å². The number of thiazole rings is 1. The zero-order valence-electron chi connectivity index (χ0n) is 15.4. The molecule has 0 unspecified atom stereocenters. The highest BCUT2D eigenvalue weighted by atomic mass is 32.1. The molecule has 4 rings (SSSR count). The largest absolute Gasteiger partial charge is 0.451 e. The Morgan fingerprint density at radius 1 is 1.04 bits per heavy atom. The second-order valence-corrected chi connectivity index (χ2v) is 7.38. The summed E-state index contributed by atoms with van der Waals surface area (Å²) in [7, 11) is 0. The van der Waals surface area contributed by atoms with Crippen molar-refractivity contribution < 1.29 is 14.1 Å². The van der Waals surface area contributed by atoms with E-state index < -0.39 is 5.97 Å². The van der Waals surface area contributed by atoms with Gasteiger partial charge in [0.05, 0.1) is 10.7 Å². The van der Waals surface area contributed by atoms with Gasteiger partial charge < -0.3 is 9.26 Å². The predicted molar refractivity (Wildman–Crippen MR) is 106 cm³/mol. The van der Waals surface area contributed by atoms with Gasteiger partial charge in [0, 0.05) is 11.1 Å². The molecule has 0 saturated carbocycles. The maximum Gasteiger partial charge on any atom is 0.351 e. The lowest BCUT2D eigenvalue weighted by Gasteiger charge is -2.02. The number of rotatable bonds is 5. The molecule has 0 fully saturated rings. The van der Waals surface area contributed by atoms with E-state index in [4.69, 9.17) is 9.26 Å². The number of ether oxygens (including phenoxy) is 1. The van der Waals surface area contributed by atoms with Gasteiger partial charge in [-0.15, -0.1) is 11.3 Å². The molecule has 2 aromatic carbocycles. The van der Waals surface area contributed by atoms with Crippen LogP contribution in [0.5, 0.6) is 0 Å². The molecule has 0 atom stereocenters. The van der Waals surface area contributed by atoms with E-state index in [1.807, 2.05) is 68.4 Å². The van der Waals surface area contributed by atoms with Gasteiger partial charge >= 0.3 is 5.97 Å². The van der Waals surface area contributed by atoms with Crippen molar-refractivity contribution in [3.63, 3.8) is 0 Å². The van der Waals surface area contributed by atoms with Crippen LogP contribution < -0.4 is 0 Å². The molecule has 2 aromatic heterocycles. The third-order valence-corrected chi connectivity index (χ3v) is 5.10. The van der Waals surface area contributed by atoms with Gasteiger partial charge in [-0.3, -0.25) is 0 Å². The average Bonchev–Trinajstić information content (AvgIpc) is 3.34. The monoisotopic (exact) mass is 391 g/mol. The number of nitrogens with zero attached hydrogens (tertiary/aromatic N) is 3. The van der Waals surface area contributed by atoms with Crippen LogP contribution in [-0.4, -0.2) is 21.1 Å². The first kappa shape index (κ1) is 18.1. The number of carbonyl (C=O) groups excluding carboxylic acids is 1. The summed E-state index contributed by atoms with van der Waals surface area (Å²) < 4.78 is 10.6. The van der Waals surface area contributed by atoms with Crippen molar-refractivity contribution in [3.8, 4) is 22.6 Å². The lowest BCUT2D eigenvalue weighted by Crippen LogP contribution is -2.05. The maximum absolute atomic E-state index is 12.6. The standard InChI is InChI=1S/C21H17N3O3S/c1-13-8-6-7-11-16(13)20-23-17(27-24-20)12-26-21(25)19-18(22-14(2)28-19)15-9-4-3-5-10-15/h3-11H,12H2,1-2H3. The Bertz CT molecular complexity index is 1120. The summed E-state index contributed by atoms with van der Waals surface area (Å²) in [5.74, 6) is 0.261. The molecule has 2 heterocycles. The molecule has 0 aliphatic carbocycles. The first-order chi connectivity index (χ1) is 13.6. The van der Waals surface area contributed by atoms with Gasteiger partial charge in [0.15, 0.2) is 6.61 Å². The van der Waals surface area contributed by atoms with Gasteiger partial charge in [-0.25, -0.2) is 9.78 Å². The van der Waals surface area contributed by atoms with Crippen LogP contribution in [0.1, 0.15) is 26.1 Å². The molecule has 28 heavy (non-hydrogen) atoms. The lowest BCUT2D eigenvalue weighted by atomic mass is 10.1. The van der Waals surface area contributed by atoms with Crippen molar-refractivity contribution >= 4 is 17.3 Å². The van der Waals surface area contributed by atoms with E-state index in [9.17, 15) is 4.79 Å². The van der Waals surface area contributed by atoms with Crippen molar-refractivity contribution in [2.24, 2.45) is 0 Å². The fourth-order valence-electron chi connectivity index (χ4n) is 2.80. The summed E-state index contributed by atoms with van der Waals surface area (Å²) in [4.78, 5) is 21.9. The van der Waals surface area contributed by atoms with Gasteiger partial charge in [0.2, 0.25) is 5.82 Å². The van der Waals surface area contributed by atoms with Crippen molar-refractivity contribution in [1.29, 1.82) is 0 Å². The van der Waals surface area contributed by atoms with Crippen molar-refractivity contribution in [3.05, 3.63) is 75.9 Å². The molecule has 6 nitrogen and oxygen atoms in total. The number of esters is 1. The minimum atomic E-state index is -0.458. The molecule has 0 aliphatic rings. The van der Waals surface area contributed by atoms with E-state index >= 15 is 0 Å². The normalized spacial score (nSPS) is 10.8. The molecule has 0 amide bonds. The Morgan fingerprint density at radius 3 is 2.57 bits per heavy atom. The molecule has 0 aliphatic heterocycles. The Labute approximate surface area is 165 Å². The van der Waals surface area contributed by atoms with Crippen LogP contribution in [-0.2, 0) is 11.3 Å². The molecule has 140 valence electrons. The van der Waals surface area contributed by atoms with Crippen molar-refractivity contribution in [1.82, 2.24) is 15.1 Å². The molecule has 0 spiro atoms. The summed E-state index contributed by atoms with van der Waals surface area (Å²) in [5, 5.41) is 4.78. The van der Waals surface area contributed by atoms with Crippen molar-refractivity contribution in [2.45, 2.75) is 20.5 Å². The number of aromatic nitrogens is 3. The number of hydrogen-bond donors (Lipinski definition) is 0. The number of hydrogen-bond acceptors (Lipinski definition) is 7. The van der Waals surface area contributed by atoms with Gasteiger partial charge in [0.25, 0.3) is 5.89 Å². The first-order valence-corrected chi connectivity index (χ1v) is 9.52. The van der Waals surface area contributed by atoms with Gasteiger partial charge in [-0.1, -0.05) is 59.8 Å². The van der Waals surface area contributed by atoms with Crippen LogP contribution in [0, 0.1) is 13.8 Å². The molecule has 0 N–H and O–H groups in total. The molecule has 0 saturated heterocycles. The van der Waals surface area contributed by atoms with Crippen LogP contribution in [0.15, 0.2) is 59.1 Å². The summed E-state index contributed by atoms with van der Waals surface area (Å²) in [6, 6.07) is 17.3. The Balaban J connectivity index is 1.50. The summed E-state index contributed by atoms with van der Waals surface area (Å²) in [6.45, 7) is 3.74. The minimum Gasteiger partial charge on any atom is -0.451 e.